The molecule has 27 heavy (non-hydrogen) atoms. The highest BCUT2D eigenvalue weighted by molar-refractivity contribution is 5.89. The quantitative estimate of drug-likeness (QED) is 0.607. The van der Waals surface area contributed by atoms with E-state index in [4.69, 9.17) is 4.74 Å². The average Bonchev–Trinajstić information content (AvgIpc) is 2.61. The SMILES string of the molecule is COc1ccccc1Nc1cc(C)nc(Nc2cccc(NC(C)=O)c2)n1. The molecule has 2 aromatic carbocycles. The summed E-state index contributed by atoms with van der Waals surface area (Å²) in [6.07, 6.45) is 0. The number of carbonyl (C=O) groups is 1. The van der Waals surface area contributed by atoms with Gasteiger partial charge in [-0.25, -0.2) is 4.98 Å². The van der Waals surface area contributed by atoms with Crippen LogP contribution in [0.5, 0.6) is 5.75 Å². The third kappa shape index (κ3) is 4.94. The number of ether oxygens (including phenoxy) is 1. The fraction of sp³-hybridized carbons (Fsp3) is 0.150. The predicted molar refractivity (Wildman–Crippen MR) is 107 cm³/mol. The van der Waals surface area contributed by atoms with Gasteiger partial charge in [-0.15, -0.1) is 0 Å². The predicted octanol–water partition coefficient (Wildman–Crippen LogP) is 4.24. The Hall–Kier alpha value is -3.61. The van der Waals surface area contributed by atoms with Gasteiger partial charge in [0, 0.05) is 30.1 Å². The van der Waals surface area contributed by atoms with E-state index >= 15 is 0 Å². The van der Waals surface area contributed by atoms with Crippen LogP contribution in [0.1, 0.15) is 12.6 Å². The van der Waals surface area contributed by atoms with E-state index in [0.29, 0.717) is 17.5 Å². The first-order valence-corrected chi connectivity index (χ1v) is 8.44. The standard InChI is InChI=1S/C20H21N5O2/c1-13-11-19(24-17-9-4-5-10-18(17)27-3)25-20(21-13)23-16-8-6-7-15(12-16)22-14(2)26/h4-12H,1-3H3,(H,22,26)(H2,21,23,24,25). The van der Waals surface area contributed by atoms with E-state index in [1.807, 2.05) is 61.5 Å². The van der Waals surface area contributed by atoms with Crippen LogP contribution in [0.15, 0.2) is 54.6 Å². The molecule has 0 aliphatic heterocycles. The van der Waals surface area contributed by atoms with Crippen LogP contribution in [0.3, 0.4) is 0 Å². The van der Waals surface area contributed by atoms with E-state index in [2.05, 4.69) is 25.9 Å². The van der Waals surface area contributed by atoms with Crippen molar-refractivity contribution in [3.8, 4) is 5.75 Å². The van der Waals surface area contributed by atoms with Crippen molar-refractivity contribution < 1.29 is 9.53 Å². The minimum atomic E-state index is -0.123. The van der Waals surface area contributed by atoms with Gasteiger partial charge in [0.2, 0.25) is 11.9 Å². The Morgan fingerprint density at radius 2 is 1.74 bits per heavy atom. The third-order valence-electron chi connectivity index (χ3n) is 3.66. The number of aromatic nitrogens is 2. The second kappa shape index (κ2) is 8.18. The Bertz CT molecular complexity index is 959. The maximum atomic E-state index is 11.2. The molecule has 138 valence electrons. The summed E-state index contributed by atoms with van der Waals surface area (Å²) in [5.41, 5.74) is 3.10. The van der Waals surface area contributed by atoms with Crippen molar-refractivity contribution in [3.63, 3.8) is 0 Å². The Balaban J connectivity index is 1.82. The van der Waals surface area contributed by atoms with Crippen LogP contribution in [-0.2, 0) is 4.79 Å². The number of aryl methyl sites for hydroxylation is 1. The number of carbonyl (C=O) groups excluding carboxylic acids is 1. The Morgan fingerprint density at radius 3 is 2.52 bits per heavy atom. The van der Waals surface area contributed by atoms with Crippen LogP contribution in [-0.4, -0.2) is 23.0 Å². The lowest BCUT2D eigenvalue weighted by Crippen LogP contribution is -2.06. The van der Waals surface area contributed by atoms with Crippen LogP contribution in [0.4, 0.5) is 28.8 Å². The molecular weight excluding hydrogens is 342 g/mol. The van der Waals surface area contributed by atoms with Crippen molar-refractivity contribution in [2.45, 2.75) is 13.8 Å². The topological polar surface area (TPSA) is 88.2 Å². The van der Waals surface area contributed by atoms with Gasteiger partial charge in [0.25, 0.3) is 0 Å². The lowest BCUT2D eigenvalue weighted by Gasteiger charge is -2.13. The summed E-state index contributed by atoms with van der Waals surface area (Å²) in [6, 6.07) is 16.8. The smallest absolute Gasteiger partial charge is 0.229 e. The van der Waals surface area contributed by atoms with Crippen molar-refractivity contribution in [1.29, 1.82) is 0 Å². The number of nitrogens with one attached hydrogen (secondary N) is 3. The van der Waals surface area contributed by atoms with Gasteiger partial charge in [-0.3, -0.25) is 4.79 Å². The Labute approximate surface area is 157 Å². The van der Waals surface area contributed by atoms with E-state index in [-0.39, 0.29) is 5.91 Å². The summed E-state index contributed by atoms with van der Waals surface area (Å²) in [4.78, 5) is 20.2. The number of hydrogen-bond acceptors (Lipinski definition) is 6. The molecule has 0 aliphatic rings. The number of benzene rings is 2. The third-order valence-corrected chi connectivity index (χ3v) is 3.66. The summed E-state index contributed by atoms with van der Waals surface area (Å²) in [6.45, 7) is 3.37. The lowest BCUT2D eigenvalue weighted by molar-refractivity contribution is -0.114. The molecular formula is C20H21N5O2. The molecule has 0 saturated carbocycles. The van der Waals surface area contributed by atoms with Gasteiger partial charge in [0.1, 0.15) is 11.6 Å². The zero-order chi connectivity index (χ0) is 19.2. The van der Waals surface area contributed by atoms with Crippen LogP contribution >= 0.6 is 0 Å². The molecule has 0 unspecified atom stereocenters. The highest BCUT2D eigenvalue weighted by Crippen LogP contribution is 2.27. The average molecular weight is 363 g/mol. The van der Waals surface area contributed by atoms with E-state index in [0.717, 1.165) is 22.8 Å². The van der Waals surface area contributed by atoms with Gasteiger partial charge in [-0.05, 0) is 37.3 Å². The maximum Gasteiger partial charge on any atom is 0.229 e. The lowest BCUT2D eigenvalue weighted by atomic mass is 10.2. The molecule has 0 radical (unpaired) electrons. The number of para-hydroxylation sites is 2. The highest BCUT2D eigenvalue weighted by Gasteiger charge is 2.07. The summed E-state index contributed by atoms with van der Waals surface area (Å²) in [5.74, 6) is 1.70. The second-order valence-corrected chi connectivity index (χ2v) is 5.93. The molecule has 7 heteroatoms. The zero-order valence-electron chi connectivity index (χ0n) is 15.4. The normalized spacial score (nSPS) is 10.2. The van der Waals surface area contributed by atoms with Gasteiger partial charge >= 0.3 is 0 Å². The molecule has 1 heterocycles. The number of anilines is 5. The summed E-state index contributed by atoms with van der Waals surface area (Å²) in [5, 5.41) is 9.18. The van der Waals surface area contributed by atoms with Crippen molar-refractivity contribution in [2.24, 2.45) is 0 Å². The molecule has 1 aromatic heterocycles. The van der Waals surface area contributed by atoms with Crippen molar-refractivity contribution >= 4 is 34.7 Å². The van der Waals surface area contributed by atoms with Gasteiger partial charge in [-0.2, -0.15) is 4.98 Å². The van der Waals surface area contributed by atoms with E-state index in [9.17, 15) is 4.79 Å². The number of amides is 1. The summed E-state index contributed by atoms with van der Waals surface area (Å²) >= 11 is 0. The molecule has 0 spiro atoms. The molecule has 3 aromatic rings. The first-order chi connectivity index (χ1) is 13.0. The van der Waals surface area contributed by atoms with Crippen molar-refractivity contribution in [1.82, 2.24) is 9.97 Å². The molecule has 0 bridgehead atoms. The minimum absolute atomic E-state index is 0.123. The Kier molecular flexibility index (Phi) is 5.51. The van der Waals surface area contributed by atoms with Crippen LogP contribution < -0.4 is 20.7 Å². The molecule has 7 nitrogen and oxygen atoms in total. The summed E-state index contributed by atoms with van der Waals surface area (Å²) in [7, 11) is 1.63. The van der Waals surface area contributed by atoms with Crippen molar-refractivity contribution in [3.05, 3.63) is 60.3 Å². The first kappa shape index (κ1) is 18.2. The monoisotopic (exact) mass is 363 g/mol. The molecule has 0 fully saturated rings. The molecule has 0 aliphatic carbocycles. The van der Waals surface area contributed by atoms with Crippen molar-refractivity contribution in [2.75, 3.05) is 23.1 Å². The Morgan fingerprint density at radius 1 is 0.963 bits per heavy atom. The number of nitrogens with zero attached hydrogens (tertiary/aromatic N) is 2. The largest absolute Gasteiger partial charge is 0.495 e. The highest BCUT2D eigenvalue weighted by atomic mass is 16.5. The zero-order valence-corrected chi connectivity index (χ0v) is 15.4. The van der Waals surface area contributed by atoms with Crippen LogP contribution in [0.25, 0.3) is 0 Å². The molecule has 3 rings (SSSR count). The van der Waals surface area contributed by atoms with Gasteiger partial charge in [0.15, 0.2) is 0 Å². The molecule has 1 amide bonds. The number of methoxy groups -OCH3 is 1. The number of rotatable bonds is 6. The van der Waals surface area contributed by atoms with E-state index < -0.39 is 0 Å². The summed E-state index contributed by atoms with van der Waals surface area (Å²) < 4.78 is 5.36. The fourth-order valence-electron chi connectivity index (χ4n) is 2.58. The van der Waals surface area contributed by atoms with Gasteiger partial charge in [-0.1, -0.05) is 18.2 Å². The van der Waals surface area contributed by atoms with E-state index in [1.165, 1.54) is 6.92 Å². The first-order valence-electron chi connectivity index (χ1n) is 8.44. The molecule has 0 saturated heterocycles. The minimum Gasteiger partial charge on any atom is -0.495 e. The van der Waals surface area contributed by atoms with Crippen LogP contribution in [0.2, 0.25) is 0 Å². The van der Waals surface area contributed by atoms with Gasteiger partial charge in [0.05, 0.1) is 12.8 Å². The van der Waals surface area contributed by atoms with Gasteiger partial charge < -0.3 is 20.7 Å². The molecule has 3 N–H and O–H groups in total. The fourth-order valence-corrected chi connectivity index (χ4v) is 2.58. The maximum absolute atomic E-state index is 11.2. The molecule has 0 atom stereocenters. The number of hydrogen-bond donors (Lipinski definition) is 3. The van der Waals surface area contributed by atoms with E-state index in [1.54, 1.807) is 7.11 Å². The van der Waals surface area contributed by atoms with Crippen LogP contribution in [0, 0.1) is 6.92 Å². The second-order valence-electron chi connectivity index (χ2n) is 5.93.